The van der Waals surface area contributed by atoms with Crippen LogP contribution < -0.4 is 10.6 Å². The molecule has 2 N–H and O–H groups in total. The molecule has 1 fully saturated rings. The number of benzene rings is 1. The molecule has 0 bridgehead atoms. The van der Waals surface area contributed by atoms with Crippen LogP contribution in [0.3, 0.4) is 0 Å². The largest absolute Gasteiger partial charge is 0.376 e. The average Bonchev–Trinajstić information content (AvgIpc) is 3.11. The lowest BCUT2D eigenvalue weighted by Gasteiger charge is -2.20. The van der Waals surface area contributed by atoms with E-state index >= 15 is 0 Å². The van der Waals surface area contributed by atoms with E-state index in [2.05, 4.69) is 27.8 Å². The molecule has 1 aromatic heterocycles. The van der Waals surface area contributed by atoms with Gasteiger partial charge in [-0.25, -0.2) is 0 Å². The zero-order valence-electron chi connectivity index (χ0n) is 13.0. The summed E-state index contributed by atoms with van der Waals surface area (Å²) in [6.07, 6.45) is 2.36. The first-order valence-electron chi connectivity index (χ1n) is 7.80. The van der Waals surface area contributed by atoms with Crippen LogP contribution in [0.4, 0.5) is 11.5 Å². The molecule has 1 amide bonds. The van der Waals surface area contributed by atoms with Gasteiger partial charge in [0.25, 0.3) is 5.91 Å². The van der Waals surface area contributed by atoms with Gasteiger partial charge in [-0.1, -0.05) is 18.2 Å². The first-order chi connectivity index (χ1) is 11.2. The van der Waals surface area contributed by atoms with Crippen LogP contribution in [0.25, 0.3) is 0 Å². The van der Waals surface area contributed by atoms with Gasteiger partial charge in [-0.3, -0.25) is 4.79 Å². The molecule has 6 nitrogen and oxygen atoms in total. The van der Waals surface area contributed by atoms with Gasteiger partial charge in [-0.05, 0) is 44.0 Å². The minimum absolute atomic E-state index is 0.163. The van der Waals surface area contributed by atoms with Crippen molar-refractivity contribution in [1.82, 2.24) is 10.2 Å². The van der Waals surface area contributed by atoms with Gasteiger partial charge in [-0.2, -0.15) is 0 Å². The number of carbonyl (C=O) groups excluding carboxylic acids is 1. The van der Waals surface area contributed by atoms with Gasteiger partial charge in [-0.15, -0.1) is 10.2 Å². The Morgan fingerprint density at radius 2 is 2.04 bits per heavy atom. The van der Waals surface area contributed by atoms with E-state index in [1.54, 1.807) is 12.1 Å². The Kier molecular flexibility index (Phi) is 4.83. The highest BCUT2D eigenvalue weighted by atomic mass is 16.5. The summed E-state index contributed by atoms with van der Waals surface area (Å²) in [6.45, 7) is 2.88. The molecule has 1 aliphatic heterocycles. The molecule has 0 unspecified atom stereocenters. The Labute approximate surface area is 135 Å². The maximum absolute atomic E-state index is 12.1. The number of aromatic nitrogens is 2. The predicted molar refractivity (Wildman–Crippen MR) is 88.5 cm³/mol. The second-order valence-corrected chi connectivity index (χ2v) is 5.61. The van der Waals surface area contributed by atoms with Crippen LogP contribution in [0, 0.1) is 0 Å². The van der Waals surface area contributed by atoms with Crippen molar-refractivity contribution in [3.63, 3.8) is 0 Å². The summed E-state index contributed by atoms with van der Waals surface area (Å²) in [6, 6.07) is 12.9. The minimum atomic E-state index is -0.276. The van der Waals surface area contributed by atoms with E-state index in [0.29, 0.717) is 5.82 Å². The van der Waals surface area contributed by atoms with Crippen LogP contribution in [0.15, 0.2) is 42.5 Å². The number of para-hydroxylation sites is 1. The first-order valence-corrected chi connectivity index (χ1v) is 7.80. The fourth-order valence-electron chi connectivity index (χ4n) is 2.57. The number of hydrogen-bond acceptors (Lipinski definition) is 5. The van der Waals surface area contributed by atoms with Crippen molar-refractivity contribution in [1.29, 1.82) is 0 Å². The van der Waals surface area contributed by atoms with Gasteiger partial charge >= 0.3 is 0 Å². The van der Waals surface area contributed by atoms with Gasteiger partial charge in [0, 0.05) is 12.3 Å². The van der Waals surface area contributed by atoms with Gasteiger partial charge in [0.15, 0.2) is 5.69 Å². The third-order valence-corrected chi connectivity index (χ3v) is 3.83. The van der Waals surface area contributed by atoms with Crippen molar-refractivity contribution in [2.24, 2.45) is 0 Å². The Morgan fingerprint density at radius 1 is 1.22 bits per heavy atom. The van der Waals surface area contributed by atoms with Crippen molar-refractivity contribution < 1.29 is 9.53 Å². The Morgan fingerprint density at radius 3 is 2.70 bits per heavy atom. The van der Waals surface area contributed by atoms with Gasteiger partial charge in [0.05, 0.1) is 12.1 Å². The zero-order chi connectivity index (χ0) is 16.1. The molecule has 2 atom stereocenters. The van der Waals surface area contributed by atoms with Crippen molar-refractivity contribution in [2.45, 2.75) is 31.9 Å². The first kappa shape index (κ1) is 15.4. The molecule has 23 heavy (non-hydrogen) atoms. The topological polar surface area (TPSA) is 76.1 Å². The quantitative estimate of drug-likeness (QED) is 0.888. The average molecular weight is 312 g/mol. The molecule has 0 saturated carbocycles. The summed E-state index contributed by atoms with van der Waals surface area (Å²) in [5.74, 6) is 0.367. The number of anilines is 2. The smallest absolute Gasteiger partial charge is 0.276 e. The molecule has 120 valence electrons. The predicted octanol–water partition coefficient (Wildman–Crippen LogP) is 2.71. The Bertz CT molecular complexity index is 639. The van der Waals surface area contributed by atoms with Crippen LogP contribution in [0.1, 0.15) is 30.3 Å². The summed E-state index contributed by atoms with van der Waals surface area (Å²) in [5, 5.41) is 14.1. The van der Waals surface area contributed by atoms with Gasteiger partial charge in [0.1, 0.15) is 5.82 Å². The van der Waals surface area contributed by atoms with Crippen LogP contribution in [-0.4, -0.2) is 34.9 Å². The maximum atomic E-state index is 12.1. The second kappa shape index (κ2) is 7.19. The van der Waals surface area contributed by atoms with E-state index in [0.717, 1.165) is 25.1 Å². The summed E-state index contributed by atoms with van der Waals surface area (Å²) in [7, 11) is 0. The number of rotatable bonds is 5. The molecular weight excluding hydrogens is 292 g/mol. The summed E-state index contributed by atoms with van der Waals surface area (Å²) < 4.78 is 5.64. The third-order valence-electron chi connectivity index (χ3n) is 3.83. The number of carbonyl (C=O) groups is 1. The van der Waals surface area contributed by atoms with Crippen LogP contribution >= 0.6 is 0 Å². The van der Waals surface area contributed by atoms with Gasteiger partial charge in [0.2, 0.25) is 0 Å². The molecule has 1 aromatic carbocycles. The SMILES string of the molecule is C[C@H](Nc1ccc(C(=O)Nc2ccccc2)nn1)[C@@H]1CCCO1. The zero-order valence-corrected chi connectivity index (χ0v) is 13.0. The van der Waals surface area contributed by atoms with Crippen LogP contribution in [0.5, 0.6) is 0 Å². The Balaban J connectivity index is 1.59. The number of nitrogens with zero attached hydrogens (tertiary/aromatic N) is 2. The molecule has 3 rings (SSSR count). The standard InChI is InChI=1S/C17H20N4O2/c1-12(15-8-5-11-23-15)18-16-10-9-14(20-21-16)17(22)19-13-6-3-2-4-7-13/h2-4,6-7,9-10,12,15H,5,8,11H2,1H3,(H,18,21)(H,19,22)/t12-,15-/m0/s1. The Hall–Kier alpha value is -2.47. The number of hydrogen-bond donors (Lipinski definition) is 2. The lowest BCUT2D eigenvalue weighted by Crippen LogP contribution is -2.30. The number of nitrogens with one attached hydrogen (secondary N) is 2. The summed E-state index contributed by atoms with van der Waals surface area (Å²) >= 11 is 0. The number of ether oxygens (including phenoxy) is 1. The van der Waals surface area contributed by atoms with Gasteiger partial charge < -0.3 is 15.4 Å². The highest BCUT2D eigenvalue weighted by Crippen LogP contribution is 2.18. The minimum Gasteiger partial charge on any atom is -0.376 e. The van der Waals surface area contributed by atoms with Crippen molar-refractivity contribution in [3.8, 4) is 0 Å². The van der Waals surface area contributed by atoms with E-state index < -0.39 is 0 Å². The monoisotopic (exact) mass is 312 g/mol. The molecule has 1 aliphatic rings. The maximum Gasteiger partial charge on any atom is 0.276 e. The van der Waals surface area contributed by atoms with Crippen molar-refractivity contribution in [2.75, 3.05) is 17.2 Å². The van der Waals surface area contributed by atoms with E-state index in [4.69, 9.17) is 4.74 Å². The highest BCUT2D eigenvalue weighted by Gasteiger charge is 2.22. The molecule has 6 heteroatoms. The van der Waals surface area contributed by atoms with E-state index in [1.165, 1.54) is 0 Å². The van der Waals surface area contributed by atoms with Crippen molar-refractivity contribution >= 4 is 17.4 Å². The van der Waals surface area contributed by atoms with E-state index in [1.807, 2.05) is 30.3 Å². The molecule has 0 aliphatic carbocycles. The molecular formula is C17H20N4O2. The molecule has 2 aromatic rings. The van der Waals surface area contributed by atoms with E-state index in [9.17, 15) is 4.79 Å². The van der Waals surface area contributed by atoms with Crippen molar-refractivity contribution in [3.05, 3.63) is 48.2 Å². The second-order valence-electron chi connectivity index (χ2n) is 5.61. The molecule has 0 radical (unpaired) electrons. The van der Waals surface area contributed by atoms with Crippen LogP contribution in [0.2, 0.25) is 0 Å². The summed E-state index contributed by atoms with van der Waals surface area (Å²) in [4.78, 5) is 12.1. The summed E-state index contributed by atoms with van der Waals surface area (Å²) in [5.41, 5.74) is 1.01. The lowest BCUT2D eigenvalue weighted by molar-refractivity contribution is 0.0994. The molecule has 1 saturated heterocycles. The fourth-order valence-corrected chi connectivity index (χ4v) is 2.57. The highest BCUT2D eigenvalue weighted by molar-refractivity contribution is 6.02. The lowest BCUT2D eigenvalue weighted by atomic mass is 10.1. The normalized spacial score (nSPS) is 18.4. The third kappa shape index (κ3) is 4.04. The number of amides is 1. The van der Waals surface area contributed by atoms with E-state index in [-0.39, 0.29) is 23.7 Å². The molecule has 2 heterocycles. The molecule has 0 spiro atoms. The fraction of sp³-hybridized carbons (Fsp3) is 0.353. The van der Waals surface area contributed by atoms with Crippen LogP contribution in [-0.2, 0) is 4.74 Å².